The van der Waals surface area contributed by atoms with Gasteiger partial charge < -0.3 is 24.2 Å². The van der Waals surface area contributed by atoms with E-state index in [4.69, 9.17) is 14.2 Å². The maximum absolute atomic E-state index is 13.2. The Labute approximate surface area is 200 Å². The summed E-state index contributed by atoms with van der Waals surface area (Å²) in [6.45, 7) is 8.41. The molecule has 3 rings (SSSR count). The van der Waals surface area contributed by atoms with Crippen LogP contribution in [0.2, 0.25) is 0 Å². The lowest BCUT2D eigenvalue weighted by atomic mass is 9.93. The van der Waals surface area contributed by atoms with Gasteiger partial charge in [0.1, 0.15) is 17.3 Å². The minimum absolute atomic E-state index is 0.0163. The average molecular weight is 468 g/mol. The highest BCUT2D eigenvalue weighted by Gasteiger charge is 2.46. The lowest BCUT2D eigenvalue weighted by molar-refractivity contribution is -0.140. The molecule has 0 radical (unpaired) electrons. The maximum Gasteiger partial charge on any atom is 0.295 e. The van der Waals surface area contributed by atoms with Crippen molar-refractivity contribution in [1.82, 2.24) is 4.90 Å². The van der Waals surface area contributed by atoms with Gasteiger partial charge in [-0.05, 0) is 69.0 Å². The number of nitrogens with zero attached hydrogens (tertiary/aromatic N) is 1. The third-order valence-electron chi connectivity index (χ3n) is 5.73. The van der Waals surface area contributed by atoms with Gasteiger partial charge in [0, 0.05) is 20.3 Å². The van der Waals surface area contributed by atoms with Gasteiger partial charge in [-0.15, -0.1) is 0 Å². The number of hydrogen-bond donors (Lipinski definition) is 1. The SMILES string of the molecule is COCCCN1C(=O)C(=O)/C(=C(/O)c2cc(C)cc(C)c2OC)C1c1ccc(OC(C)C)cc1. The number of aryl methyl sites for hydroxylation is 2. The largest absolute Gasteiger partial charge is 0.507 e. The summed E-state index contributed by atoms with van der Waals surface area (Å²) in [7, 11) is 3.11. The standard InChI is InChI=1S/C27H33NO6/c1-16(2)34-20-10-8-19(9-11-20)23-22(25(30)27(31)28(23)12-7-13-32-5)24(29)21-15-17(3)14-18(4)26(21)33-6/h8-11,14-16,23,29H,7,12-13H2,1-6H3/b24-22+. The molecule has 1 heterocycles. The van der Waals surface area contributed by atoms with Gasteiger partial charge >= 0.3 is 0 Å². The molecule has 7 heteroatoms. The monoisotopic (exact) mass is 467 g/mol. The summed E-state index contributed by atoms with van der Waals surface area (Å²) in [6.07, 6.45) is 0.573. The molecule has 0 saturated carbocycles. The van der Waals surface area contributed by atoms with E-state index in [0.717, 1.165) is 11.1 Å². The summed E-state index contributed by atoms with van der Waals surface area (Å²) in [5.41, 5.74) is 2.87. The van der Waals surface area contributed by atoms with Crippen LogP contribution in [0, 0.1) is 13.8 Å². The fourth-order valence-corrected chi connectivity index (χ4v) is 4.38. The molecule has 1 unspecified atom stereocenters. The number of ketones is 1. The van der Waals surface area contributed by atoms with Crippen LogP contribution in [0.5, 0.6) is 11.5 Å². The van der Waals surface area contributed by atoms with E-state index in [0.29, 0.717) is 42.2 Å². The highest BCUT2D eigenvalue weighted by Crippen LogP contribution is 2.42. The van der Waals surface area contributed by atoms with E-state index in [1.165, 1.54) is 12.0 Å². The van der Waals surface area contributed by atoms with Crippen LogP contribution in [0.1, 0.15) is 48.6 Å². The molecule has 0 aliphatic carbocycles. The number of methoxy groups -OCH3 is 2. The minimum Gasteiger partial charge on any atom is -0.507 e. The number of Topliss-reactive ketones (excluding diaryl/α,β-unsaturated/α-hetero) is 1. The first kappa shape index (κ1) is 25.3. The summed E-state index contributed by atoms with van der Waals surface area (Å²) in [5, 5.41) is 11.4. The number of rotatable bonds is 9. The Kier molecular flexibility index (Phi) is 7.99. The second-order valence-corrected chi connectivity index (χ2v) is 8.74. The Hall–Kier alpha value is -3.32. The fraction of sp³-hybridized carbons (Fsp3) is 0.407. The number of aliphatic hydroxyl groups excluding tert-OH is 1. The molecule has 182 valence electrons. The van der Waals surface area contributed by atoms with E-state index in [-0.39, 0.29) is 17.4 Å². The van der Waals surface area contributed by atoms with Crippen LogP contribution in [0.25, 0.3) is 5.76 Å². The van der Waals surface area contributed by atoms with E-state index in [2.05, 4.69) is 0 Å². The molecule has 2 aromatic rings. The summed E-state index contributed by atoms with van der Waals surface area (Å²) < 4.78 is 16.4. The molecule has 1 atom stereocenters. The van der Waals surface area contributed by atoms with Crippen LogP contribution < -0.4 is 9.47 Å². The molecule has 0 bridgehead atoms. The lowest BCUT2D eigenvalue weighted by Gasteiger charge is -2.26. The highest BCUT2D eigenvalue weighted by atomic mass is 16.5. The van der Waals surface area contributed by atoms with Crippen LogP contribution in [-0.4, -0.2) is 55.2 Å². The molecule has 34 heavy (non-hydrogen) atoms. The number of benzene rings is 2. The molecule has 0 spiro atoms. The van der Waals surface area contributed by atoms with E-state index in [1.807, 2.05) is 58.0 Å². The van der Waals surface area contributed by atoms with Gasteiger partial charge in [-0.3, -0.25) is 9.59 Å². The van der Waals surface area contributed by atoms with Crippen LogP contribution in [0.4, 0.5) is 0 Å². The molecular weight excluding hydrogens is 434 g/mol. The number of ether oxygens (including phenoxy) is 3. The van der Waals surface area contributed by atoms with Crippen LogP contribution in [0.15, 0.2) is 42.0 Å². The van der Waals surface area contributed by atoms with Crippen LogP contribution >= 0.6 is 0 Å². The summed E-state index contributed by atoms with van der Waals surface area (Å²) >= 11 is 0. The second-order valence-electron chi connectivity index (χ2n) is 8.74. The minimum atomic E-state index is -0.740. The van der Waals surface area contributed by atoms with Gasteiger partial charge in [-0.25, -0.2) is 0 Å². The highest BCUT2D eigenvalue weighted by molar-refractivity contribution is 6.46. The van der Waals surface area contributed by atoms with Crippen LogP contribution in [-0.2, 0) is 14.3 Å². The van der Waals surface area contributed by atoms with Crippen molar-refractivity contribution >= 4 is 17.4 Å². The van der Waals surface area contributed by atoms with Gasteiger partial charge in [0.15, 0.2) is 0 Å². The van der Waals surface area contributed by atoms with E-state index < -0.39 is 17.7 Å². The van der Waals surface area contributed by atoms with Gasteiger partial charge in [0.05, 0.1) is 30.4 Å². The fourth-order valence-electron chi connectivity index (χ4n) is 4.38. The zero-order chi connectivity index (χ0) is 25.0. The first-order valence-corrected chi connectivity index (χ1v) is 11.4. The van der Waals surface area contributed by atoms with Crippen molar-refractivity contribution in [1.29, 1.82) is 0 Å². The third-order valence-corrected chi connectivity index (χ3v) is 5.73. The summed E-state index contributed by atoms with van der Waals surface area (Å²) in [6, 6.07) is 10.2. The Balaban J connectivity index is 2.17. The van der Waals surface area contributed by atoms with Crippen LogP contribution in [0.3, 0.4) is 0 Å². The topological polar surface area (TPSA) is 85.3 Å². The predicted molar refractivity (Wildman–Crippen MR) is 130 cm³/mol. The second kappa shape index (κ2) is 10.7. The Bertz CT molecular complexity index is 1090. The van der Waals surface area contributed by atoms with Crippen molar-refractivity contribution in [2.75, 3.05) is 27.4 Å². The van der Waals surface area contributed by atoms with Gasteiger partial charge in [-0.1, -0.05) is 18.2 Å². The normalized spacial score (nSPS) is 17.5. The van der Waals surface area contributed by atoms with Crippen molar-refractivity contribution in [3.8, 4) is 11.5 Å². The molecule has 2 aromatic carbocycles. The Morgan fingerprint density at radius 1 is 1.09 bits per heavy atom. The lowest BCUT2D eigenvalue weighted by Crippen LogP contribution is -2.31. The van der Waals surface area contributed by atoms with Gasteiger partial charge in [0.2, 0.25) is 0 Å². The quantitative estimate of drug-likeness (QED) is 0.252. The number of amides is 1. The molecule has 1 amide bonds. The van der Waals surface area contributed by atoms with Crippen molar-refractivity contribution in [3.63, 3.8) is 0 Å². The van der Waals surface area contributed by atoms with Gasteiger partial charge in [-0.2, -0.15) is 0 Å². The van der Waals surface area contributed by atoms with Crippen molar-refractivity contribution < 1.29 is 28.9 Å². The maximum atomic E-state index is 13.2. The molecular formula is C27H33NO6. The molecule has 1 saturated heterocycles. The van der Waals surface area contributed by atoms with Crippen molar-refractivity contribution in [2.24, 2.45) is 0 Å². The van der Waals surface area contributed by atoms with E-state index >= 15 is 0 Å². The molecule has 1 N–H and O–H groups in total. The number of likely N-dealkylation sites (tertiary alicyclic amines) is 1. The van der Waals surface area contributed by atoms with Crippen molar-refractivity contribution in [3.05, 3.63) is 64.2 Å². The molecule has 1 fully saturated rings. The Morgan fingerprint density at radius 3 is 2.35 bits per heavy atom. The zero-order valence-corrected chi connectivity index (χ0v) is 20.7. The van der Waals surface area contributed by atoms with E-state index in [9.17, 15) is 14.7 Å². The first-order valence-electron chi connectivity index (χ1n) is 11.4. The third kappa shape index (κ3) is 5.09. The molecule has 7 nitrogen and oxygen atoms in total. The number of hydrogen-bond acceptors (Lipinski definition) is 6. The predicted octanol–water partition coefficient (Wildman–Crippen LogP) is 4.56. The average Bonchev–Trinajstić information content (AvgIpc) is 3.03. The molecule has 1 aliphatic heterocycles. The summed E-state index contributed by atoms with van der Waals surface area (Å²) in [4.78, 5) is 27.8. The smallest absolute Gasteiger partial charge is 0.295 e. The van der Waals surface area contributed by atoms with Gasteiger partial charge in [0.25, 0.3) is 11.7 Å². The molecule has 0 aromatic heterocycles. The molecule has 1 aliphatic rings. The number of carbonyl (C=O) groups excluding carboxylic acids is 2. The summed E-state index contributed by atoms with van der Waals surface area (Å²) in [5.74, 6) is -0.458. The Morgan fingerprint density at radius 2 is 1.76 bits per heavy atom. The number of aliphatic hydroxyl groups is 1. The van der Waals surface area contributed by atoms with E-state index in [1.54, 1.807) is 13.2 Å². The number of carbonyl (C=O) groups is 2. The van der Waals surface area contributed by atoms with Crippen molar-refractivity contribution in [2.45, 2.75) is 46.3 Å². The first-order chi connectivity index (χ1) is 16.2. The zero-order valence-electron chi connectivity index (χ0n) is 20.7.